The van der Waals surface area contributed by atoms with Crippen molar-refractivity contribution in [1.82, 2.24) is 4.90 Å². The third-order valence-electron chi connectivity index (χ3n) is 2.90. The average Bonchev–Trinajstić information content (AvgIpc) is 2.51. The molecule has 1 atom stereocenters. The summed E-state index contributed by atoms with van der Waals surface area (Å²) in [6.07, 6.45) is 0.553. The van der Waals surface area contributed by atoms with Gasteiger partial charge in [0.2, 0.25) is 5.91 Å². The fourth-order valence-corrected chi connectivity index (χ4v) is 2.31. The monoisotopic (exact) mass is 236 g/mol. The Morgan fingerprint density at radius 3 is 2.88 bits per heavy atom. The Hall–Kier alpha value is -1.16. The number of nitrogens with zero attached hydrogens (tertiary/aromatic N) is 1. The van der Waals surface area contributed by atoms with Crippen molar-refractivity contribution in [2.75, 3.05) is 12.3 Å². The Morgan fingerprint density at radius 2 is 2.31 bits per heavy atom. The fraction of sp³-hybridized carbons (Fsp3) is 0.417. The third-order valence-corrected chi connectivity index (χ3v) is 3.25. The Bertz CT molecular complexity index is 419. The van der Waals surface area contributed by atoms with Crippen LogP contribution in [0, 0.1) is 6.92 Å². The van der Waals surface area contributed by atoms with Crippen LogP contribution < -0.4 is 5.73 Å². The summed E-state index contributed by atoms with van der Waals surface area (Å²) in [6, 6.07) is 5.90. The van der Waals surface area contributed by atoms with Gasteiger partial charge < -0.3 is 10.6 Å². The second-order valence-electron chi connectivity index (χ2n) is 4.32. The first-order chi connectivity index (χ1) is 7.56. The Morgan fingerprint density at radius 1 is 1.56 bits per heavy atom. The number of aryl methyl sites for hydroxylation is 1. The number of nitrogens with two attached hydrogens (primary N) is 1. The van der Waals surface area contributed by atoms with Crippen molar-refractivity contribution in [2.24, 2.45) is 0 Å². The molecule has 0 bridgehead atoms. The van der Waals surface area contributed by atoms with E-state index in [4.69, 9.17) is 5.73 Å². The number of benzene rings is 1. The molecule has 0 aromatic heterocycles. The zero-order chi connectivity index (χ0) is 11.7. The maximum absolute atomic E-state index is 11.6. The highest BCUT2D eigenvalue weighted by Crippen LogP contribution is 2.20. The molecule has 1 saturated heterocycles. The molecule has 2 N–H and O–H groups in total. The summed E-state index contributed by atoms with van der Waals surface area (Å²) in [5.41, 5.74) is 8.74. The van der Waals surface area contributed by atoms with Crippen LogP contribution in [-0.4, -0.2) is 22.6 Å². The molecule has 0 radical (unpaired) electrons. The van der Waals surface area contributed by atoms with E-state index < -0.39 is 0 Å². The molecule has 1 heterocycles. The molecule has 1 aliphatic heterocycles. The summed E-state index contributed by atoms with van der Waals surface area (Å²) in [5.74, 6) is 0.189. The van der Waals surface area contributed by atoms with Crippen molar-refractivity contribution < 1.29 is 4.79 Å². The maximum atomic E-state index is 11.6. The molecular formula is C12H16N2OS. The predicted molar refractivity (Wildman–Crippen MR) is 68.4 cm³/mol. The lowest BCUT2D eigenvalue weighted by Gasteiger charge is -2.16. The van der Waals surface area contributed by atoms with Crippen molar-refractivity contribution in [3.8, 4) is 0 Å². The third kappa shape index (κ3) is 2.32. The summed E-state index contributed by atoms with van der Waals surface area (Å²) in [6.45, 7) is 3.38. The lowest BCUT2D eigenvalue weighted by molar-refractivity contribution is -0.128. The van der Waals surface area contributed by atoms with E-state index in [0.717, 1.165) is 23.4 Å². The van der Waals surface area contributed by atoms with Gasteiger partial charge in [0, 0.05) is 30.4 Å². The van der Waals surface area contributed by atoms with Crippen LogP contribution in [0.3, 0.4) is 0 Å². The van der Waals surface area contributed by atoms with Crippen LogP contribution in [-0.2, 0) is 11.3 Å². The van der Waals surface area contributed by atoms with Gasteiger partial charge in [-0.1, -0.05) is 12.1 Å². The summed E-state index contributed by atoms with van der Waals surface area (Å²) in [7, 11) is 0. The summed E-state index contributed by atoms with van der Waals surface area (Å²) >= 11 is 4.33. The van der Waals surface area contributed by atoms with Crippen LogP contribution in [0.5, 0.6) is 0 Å². The molecule has 1 fully saturated rings. The van der Waals surface area contributed by atoms with Crippen LogP contribution in [0.1, 0.15) is 17.5 Å². The first-order valence-electron chi connectivity index (χ1n) is 5.37. The number of thiol groups is 1. The molecule has 0 spiro atoms. The molecule has 2 rings (SSSR count). The van der Waals surface area contributed by atoms with Crippen molar-refractivity contribution >= 4 is 24.2 Å². The number of nitrogen functional groups attached to an aromatic ring is 1. The zero-order valence-corrected chi connectivity index (χ0v) is 10.2. The van der Waals surface area contributed by atoms with Crippen LogP contribution >= 0.6 is 12.6 Å². The summed E-state index contributed by atoms with van der Waals surface area (Å²) < 4.78 is 0. The first-order valence-corrected chi connectivity index (χ1v) is 5.89. The number of amides is 1. The minimum atomic E-state index is 0.183. The van der Waals surface area contributed by atoms with Gasteiger partial charge in [-0.25, -0.2) is 0 Å². The van der Waals surface area contributed by atoms with Gasteiger partial charge in [-0.15, -0.1) is 0 Å². The molecule has 86 valence electrons. The Kier molecular flexibility index (Phi) is 3.10. The molecule has 0 aliphatic carbocycles. The highest BCUT2D eigenvalue weighted by molar-refractivity contribution is 7.81. The van der Waals surface area contributed by atoms with E-state index in [-0.39, 0.29) is 11.2 Å². The van der Waals surface area contributed by atoms with Gasteiger partial charge in [0.25, 0.3) is 0 Å². The lowest BCUT2D eigenvalue weighted by Crippen LogP contribution is -2.24. The average molecular weight is 236 g/mol. The molecule has 1 aliphatic rings. The van der Waals surface area contributed by atoms with Crippen molar-refractivity contribution in [2.45, 2.75) is 25.1 Å². The first kappa shape index (κ1) is 11.3. The number of hydrogen-bond donors (Lipinski definition) is 2. The lowest BCUT2D eigenvalue weighted by atomic mass is 10.1. The number of rotatable bonds is 2. The standard InChI is InChI=1S/C12H16N2OS/c1-8-4-9(2-3-11(8)13)6-14-7-10(16)5-12(14)15/h2-4,10,16H,5-7,13H2,1H3. The predicted octanol–water partition coefficient (Wildman–Crippen LogP) is 1.61. The largest absolute Gasteiger partial charge is 0.399 e. The zero-order valence-electron chi connectivity index (χ0n) is 9.31. The van der Waals surface area contributed by atoms with E-state index in [1.165, 1.54) is 0 Å². The molecular weight excluding hydrogens is 220 g/mol. The Balaban J connectivity index is 2.09. The van der Waals surface area contributed by atoms with Gasteiger partial charge in [0.15, 0.2) is 0 Å². The van der Waals surface area contributed by atoms with Gasteiger partial charge in [0.05, 0.1) is 0 Å². The SMILES string of the molecule is Cc1cc(CN2CC(S)CC2=O)ccc1N. The molecule has 1 unspecified atom stereocenters. The van der Waals surface area contributed by atoms with Gasteiger partial charge in [-0.05, 0) is 24.1 Å². The Labute approximate surface area is 101 Å². The van der Waals surface area contributed by atoms with E-state index in [2.05, 4.69) is 12.6 Å². The molecule has 0 saturated carbocycles. The van der Waals surface area contributed by atoms with Gasteiger partial charge in [0.1, 0.15) is 0 Å². The van der Waals surface area contributed by atoms with E-state index in [9.17, 15) is 4.79 Å². The second-order valence-corrected chi connectivity index (χ2v) is 5.05. The topological polar surface area (TPSA) is 46.3 Å². The smallest absolute Gasteiger partial charge is 0.224 e. The minimum Gasteiger partial charge on any atom is -0.399 e. The molecule has 1 aromatic rings. The number of carbonyl (C=O) groups excluding carboxylic acids is 1. The van der Waals surface area contributed by atoms with Crippen molar-refractivity contribution in [3.05, 3.63) is 29.3 Å². The van der Waals surface area contributed by atoms with Gasteiger partial charge in [-0.2, -0.15) is 12.6 Å². The highest BCUT2D eigenvalue weighted by Gasteiger charge is 2.26. The van der Waals surface area contributed by atoms with Crippen LogP contribution in [0.25, 0.3) is 0 Å². The number of likely N-dealkylation sites (tertiary alicyclic amines) is 1. The molecule has 16 heavy (non-hydrogen) atoms. The quantitative estimate of drug-likeness (QED) is 0.605. The van der Waals surface area contributed by atoms with E-state index in [1.54, 1.807) is 0 Å². The highest BCUT2D eigenvalue weighted by atomic mass is 32.1. The van der Waals surface area contributed by atoms with Crippen molar-refractivity contribution in [1.29, 1.82) is 0 Å². The minimum absolute atomic E-state index is 0.183. The summed E-state index contributed by atoms with van der Waals surface area (Å²) in [5, 5.41) is 0.183. The van der Waals surface area contributed by atoms with Gasteiger partial charge in [-0.3, -0.25) is 4.79 Å². The summed E-state index contributed by atoms with van der Waals surface area (Å²) in [4.78, 5) is 13.4. The number of hydrogen-bond acceptors (Lipinski definition) is 3. The van der Waals surface area contributed by atoms with E-state index in [0.29, 0.717) is 13.0 Å². The molecule has 1 amide bonds. The number of carbonyl (C=O) groups is 1. The fourth-order valence-electron chi connectivity index (χ4n) is 1.96. The van der Waals surface area contributed by atoms with E-state index >= 15 is 0 Å². The van der Waals surface area contributed by atoms with Crippen LogP contribution in [0.4, 0.5) is 5.69 Å². The molecule has 1 aromatic carbocycles. The molecule has 3 nitrogen and oxygen atoms in total. The maximum Gasteiger partial charge on any atom is 0.224 e. The van der Waals surface area contributed by atoms with Crippen LogP contribution in [0.15, 0.2) is 18.2 Å². The van der Waals surface area contributed by atoms with Gasteiger partial charge >= 0.3 is 0 Å². The molecule has 4 heteroatoms. The normalized spacial score (nSPS) is 20.5. The second kappa shape index (κ2) is 4.37. The van der Waals surface area contributed by atoms with Crippen LogP contribution in [0.2, 0.25) is 0 Å². The number of anilines is 1. The van der Waals surface area contributed by atoms with Crippen molar-refractivity contribution in [3.63, 3.8) is 0 Å². The van der Waals surface area contributed by atoms with E-state index in [1.807, 2.05) is 30.0 Å².